The van der Waals surface area contributed by atoms with Crippen LogP contribution in [0.3, 0.4) is 0 Å². The second kappa shape index (κ2) is 5.80. The maximum atomic E-state index is 11.5. The maximum Gasteiger partial charge on any atom is 0.215 e. The second-order valence-corrected chi connectivity index (χ2v) is 6.52. The van der Waals surface area contributed by atoms with Gasteiger partial charge in [-0.1, -0.05) is 31.8 Å². The summed E-state index contributed by atoms with van der Waals surface area (Å²) in [6.45, 7) is 3.77. The van der Waals surface area contributed by atoms with Crippen LogP contribution in [0.1, 0.15) is 38.5 Å². The molecule has 1 fully saturated rings. The van der Waals surface area contributed by atoms with Crippen molar-refractivity contribution in [2.45, 2.75) is 44.1 Å². The van der Waals surface area contributed by atoms with Crippen molar-refractivity contribution in [2.75, 3.05) is 12.3 Å². The average Bonchev–Trinajstić information content (AvgIpc) is 2.41. The third-order valence-corrected chi connectivity index (χ3v) is 4.34. The van der Waals surface area contributed by atoms with Gasteiger partial charge >= 0.3 is 0 Å². The Balaban J connectivity index is 2.49. The third kappa shape index (κ3) is 4.63. The molecule has 0 spiro atoms. The number of hydrogen-bond acceptors (Lipinski definition) is 3. The number of sulfonamides is 1. The predicted molar refractivity (Wildman–Crippen MR) is 66.6 cm³/mol. The van der Waals surface area contributed by atoms with Crippen LogP contribution in [0.25, 0.3) is 0 Å². The van der Waals surface area contributed by atoms with E-state index in [2.05, 4.69) is 11.3 Å². The molecule has 0 amide bonds. The second-order valence-electron chi connectivity index (χ2n) is 4.67. The van der Waals surface area contributed by atoms with Gasteiger partial charge in [0.25, 0.3) is 0 Å². The Morgan fingerprint density at radius 2 is 1.81 bits per heavy atom. The first-order valence-corrected chi connectivity index (χ1v) is 7.50. The zero-order valence-electron chi connectivity index (χ0n) is 9.74. The summed E-state index contributed by atoms with van der Waals surface area (Å²) >= 11 is 0. The van der Waals surface area contributed by atoms with Gasteiger partial charge in [-0.2, -0.15) is 0 Å². The van der Waals surface area contributed by atoms with Crippen LogP contribution in [0.5, 0.6) is 0 Å². The monoisotopic (exact) mass is 246 g/mol. The smallest absolute Gasteiger partial charge is 0.215 e. The molecule has 0 atom stereocenters. The van der Waals surface area contributed by atoms with Crippen molar-refractivity contribution in [3.8, 4) is 0 Å². The molecule has 3 N–H and O–H groups in total. The molecule has 5 heteroatoms. The summed E-state index contributed by atoms with van der Waals surface area (Å²) in [5.41, 5.74) is 5.85. The van der Waals surface area contributed by atoms with E-state index in [4.69, 9.17) is 5.73 Å². The van der Waals surface area contributed by atoms with Crippen molar-refractivity contribution in [3.63, 3.8) is 0 Å². The van der Waals surface area contributed by atoms with Crippen LogP contribution in [0.2, 0.25) is 0 Å². The van der Waals surface area contributed by atoms with Crippen LogP contribution in [0, 0.1) is 0 Å². The largest absolute Gasteiger partial charge is 0.324 e. The van der Waals surface area contributed by atoms with E-state index in [1.165, 1.54) is 18.9 Å². The summed E-state index contributed by atoms with van der Waals surface area (Å²) in [7, 11) is -3.23. The lowest BCUT2D eigenvalue weighted by atomic mass is 9.92. The molecule has 0 bridgehead atoms. The van der Waals surface area contributed by atoms with E-state index in [1.807, 2.05) is 0 Å². The van der Waals surface area contributed by atoms with Gasteiger partial charge in [0, 0.05) is 12.1 Å². The van der Waals surface area contributed by atoms with Gasteiger partial charge < -0.3 is 5.73 Å². The van der Waals surface area contributed by atoms with Gasteiger partial charge in [-0.05, 0) is 12.8 Å². The minimum absolute atomic E-state index is 0.0386. The Labute approximate surface area is 98.3 Å². The molecule has 0 aromatic carbocycles. The number of nitrogens with one attached hydrogen (secondary N) is 1. The van der Waals surface area contributed by atoms with Gasteiger partial charge in [0.15, 0.2) is 0 Å². The highest BCUT2D eigenvalue weighted by Crippen LogP contribution is 2.24. The lowest BCUT2D eigenvalue weighted by Crippen LogP contribution is -2.50. The quantitative estimate of drug-likeness (QED) is 0.564. The van der Waals surface area contributed by atoms with Gasteiger partial charge in [-0.25, -0.2) is 13.1 Å². The molecule has 0 aliphatic heterocycles. The highest BCUT2D eigenvalue weighted by molar-refractivity contribution is 7.89. The molecule has 0 aromatic heterocycles. The van der Waals surface area contributed by atoms with Crippen LogP contribution in [0.15, 0.2) is 12.7 Å². The molecule has 1 saturated carbocycles. The molecular weight excluding hydrogens is 224 g/mol. The number of rotatable bonds is 5. The molecule has 0 radical (unpaired) electrons. The van der Waals surface area contributed by atoms with Gasteiger partial charge in [-0.3, -0.25) is 0 Å². The Morgan fingerprint density at radius 3 is 2.31 bits per heavy atom. The first-order chi connectivity index (χ1) is 7.47. The van der Waals surface area contributed by atoms with Crippen molar-refractivity contribution in [3.05, 3.63) is 12.7 Å². The molecule has 0 saturated heterocycles. The SMILES string of the molecule is C=CCS(=O)(=O)NCC1(N)CCCCCC1. The van der Waals surface area contributed by atoms with Crippen molar-refractivity contribution >= 4 is 10.0 Å². The molecule has 94 valence electrons. The van der Waals surface area contributed by atoms with E-state index in [-0.39, 0.29) is 11.3 Å². The Kier molecular flexibility index (Phi) is 4.95. The highest BCUT2D eigenvalue weighted by Gasteiger charge is 2.27. The minimum Gasteiger partial charge on any atom is -0.324 e. The van der Waals surface area contributed by atoms with E-state index < -0.39 is 10.0 Å². The maximum absolute atomic E-state index is 11.5. The number of nitrogens with two attached hydrogens (primary N) is 1. The van der Waals surface area contributed by atoms with Crippen molar-refractivity contribution in [1.82, 2.24) is 4.72 Å². The van der Waals surface area contributed by atoms with Crippen molar-refractivity contribution in [2.24, 2.45) is 5.73 Å². The fourth-order valence-electron chi connectivity index (χ4n) is 2.08. The summed E-state index contributed by atoms with van der Waals surface area (Å²) in [4.78, 5) is 0. The molecule has 1 aliphatic rings. The lowest BCUT2D eigenvalue weighted by Gasteiger charge is -2.28. The van der Waals surface area contributed by atoms with Crippen molar-refractivity contribution in [1.29, 1.82) is 0 Å². The Bertz CT molecular complexity index is 317. The topological polar surface area (TPSA) is 72.2 Å². The molecule has 1 aliphatic carbocycles. The average molecular weight is 246 g/mol. The molecule has 16 heavy (non-hydrogen) atoms. The van der Waals surface area contributed by atoms with Crippen LogP contribution >= 0.6 is 0 Å². The van der Waals surface area contributed by atoms with E-state index in [1.54, 1.807) is 0 Å². The van der Waals surface area contributed by atoms with E-state index in [0.717, 1.165) is 25.7 Å². The van der Waals surface area contributed by atoms with Crippen LogP contribution in [-0.2, 0) is 10.0 Å². The molecule has 0 unspecified atom stereocenters. The molecule has 0 heterocycles. The van der Waals surface area contributed by atoms with Gasteiger partial charge in [0.1, 0.15) is 0 Å². The fourth-order valence-corrected chi connectivity index (χ4v) is 3.01. The lowest BCUT2D eigenvalue weighted by molar-refractivity contribution is 0.369. The first-order valence-electron chi connectivity index (χ1n) is 5.85. The fraction of sp³-hybridized carbons (Fsp3) is 0.818. The summed E-state index contributed by atoms with van der Waals surface area (Å²) in [5, 5.41) is 0. The van der Waals surface area contributed by atoms with Gasteiger partial charge in [0.2, 0.25) is 10.0 Å². The van der Waals surface area contributed by atoms with Gasteiger partial charge in [-0.15, -0.1) is 6.58 Å². The van der Waals surface area contributed by atoms with Crippen LogP contribution < -0.4 is 10.5 Å². The van der Waals surface area contributed by atoms with Crippen molar-refractivity contribution < 1.29 is 8.42 Å². The number of hydrogen-bond donors (Lipinski definition) is 2. The molecule has 1 rings (SSSR count). The molecular formula is C11H22N2O2S. The highest BCUT2D eigenvalue weighted by atomic mass is 32.2. The van der Waals surface area contributed by atoms with E-state index in [9.17, 15) is 8.42 Å². The summed E-state index contributed by atoms with van der Waals surface area (Å²) < 4.78 is 25.5. The van der Waals surface area contributed by atoms with Crippen LogP contribution in [0.4, 0.5) is 0 Å². The molecule has 0 aromatic rings. The standard InChI is InChI=1S/C11H22N2O2S/c1-2-9-16(14,15)13-10-11(12)7-5-3-4-6-8-11/h2,13H,1,3-10,12H2. The zero-order valence-corrected chi connectivity index (χ0v) is 10.6. The summed E-state index contributed by atoms with van der Waals surface area (Å²) in [5.74, 6) is -0.0386. The van der Waals surface area contributed by atoms with E-state index in [0.29, 0.717) is 6.54 Å². The Hall–Kier alpha value is -0.390. The Morgan fingerprint density at radius 1 is 1.25 bits per heavy atom. The van der Waals surface area contributed by atoms with Crippen LogP contribution in [-0.4, -0.2) is 26.3 Å². The van der Waals surface area contributed by atoms with E-state index >= 15 is 0 Å². The zero-order chi connectivity index (χ0) is 12.1. The predicted octanol–water partition coefficient (Wildman–Crippen LogP) is 1.14. The minimum atomic E-state index is -3.23. The summed E-state index contributed by atoms with van der Waals surface area (Å²) in [6.07, 6.45) is 7.81. The molecule has 4 nitrogen and oxygen atoms in total. The summed E-state index contributed by atoms with van der Waals surface area (Å²) in [6, 6.07) is 0. The first kappa shape index (κ1) is 13.7. The third-order valence-electron chi connectivity index (χ3n) is 3.08. The van der Waals surface area contributed by atoms with Gasteiger partial charge in [0.05, 0.1) is 5.75 Å². The normalized spacial score (nSPS) is 21.3.